The first-order chi connectivity index (χ1) is 6.98. The lowest BCUT2D eigenvalue weighted by Crippen LogP contribution is -2.09. The molecule has 15 heavy (non-hydrogen) atoms. The smallest absolute Gasteiger partial charge is 0.247 e. The monoisotopic (exact) mass is 313 g/mol. The lowest BCUT2D eigenvalue weighted by Gasteiger charge is -2.05. The van der Waals surface area contributed by atoms with Crippen LogP contribution in [-0.4, -0.2) is 21.6 Å². The van der Waals surface area contributed by atoms with Crippen molar-refractivity contribution in [1.82, 2.24) is 0 Å². The summed E-state index contributed by atoms with van der Waals surface area (Å²) in [6, 6.07) is 1.46. The van der Waals surface area contributed by atoms with E-state index < -0.39 is 16.3 Å². The van der Waals surface area contributed by atoms with Crippen molar-refractivity contribution in [3.8, 4) is 0 Å². The average Bonchev–Trinajstić information content (AvgIpc) is 2.69. The van der Waals surface area contributed by atoms with E-state index in [1.54, 1.807) is 0 Å². The van der Waals surface area contributed by atoms with Crippen LogP contribution in [-0.2, 0) is 19.5 Å². The van der Waals surface area contributed by atoms with Crippen molar-refractivity contribution in [1.29, 1.82) is 0 Å². The molecule has 1 aromatic rings. The van der Waals surface area contributed by atoms with Gasteiger partial charge in [0.2, 0.25) is 10.0 Å². The number of primary sulfonamides is 1. The summed E-state index contributed by atoms with van der Waals surface area (Å²) in [5.41, 5.74) is 0. The number of ether oxygens (including phenoxy) is 2. The second kappa shape index (κ2) is 4.11. The van der Waals surface area contributed by atoms with Crippen LogP contribution in [0.5, 0.6) is 0 Å². The van der Waals surface area contributed by atoms with Crippen LogP contribution in [0.1, 0.15) is 11.2 Å². The van der Waals surface area contributed by atoms with E-state index in [1.807, 2.05) is 0 Å². The van der Waals surface area contributed by atoms with Crippen molar-refractivity contribution in [3.05, 3.63) is 15.4 Å². The number of thiophene rings is 1. The molecule has 2 rings (SSSR count). The Kier molecular flexibility index (Phi) is 3.15. The maximum Gasteiger partial charge on any atom is 0.247 e. The number of hydrogen-bond donors (Lipinski definition) is 1. The minimum Gasteiger partial charge on any atom is -0.345 e. The quantitative estimate of drug-likeness (QED) is 0.890. The van der Waals surface area contributed by atoms with Gasteiger partial charge in [0.25, 0.3) is 0 Å². The Hall–Kier alpha value is 0.01000. The largest absolute Gasteiger partial charge is 0.345 e. The highest BCUT2D eigenvalue weighted by atomic mass is 79.9. The summed E-state index contributed by atoms with van der Waals surface area (Å²) in [5.74, 6) is 0. The van der Waals surface area contributed by atoms with Gasteiger partial charge < -0.3 is 9.47 Å². The fourth-order valence-electron chi connectivity index (χ4n) is 1.17. The Morgan fingerprint density at radius 2 is 2.07 bits per heavy atom. The molecule has 0 amide bonds. The molecule has 1 aromatic heterocycles. The molecule has 0 aromatic carbocycles. The zero-order valence-electron chi connectivity index (χ0n) is 7.47. The molecule has 5 nitrogen and oxygen atoms in total. The normalized spacial score (nSPS) is 18.5. The summed E-state index contributed by atoms with van der Waals surface area (Å²) < 4.78 is 33.5. The molecule has 0 unspecified atom stereocenters. The van der Waals surface area contributed by atoms with Crippen LogP contribution in [0.25, 0.3) is 0 Å². The lowest BCUT2D eigenvalue weighted by atomic mass is 10.4. The molecule has 0 radical (unpaired) electrons. The van der Waals surface area contributed by atoms with Crippen LogP contribution in [0.3, 0.4) is 0 Å². The molecule has 0 aliphatic carbocycles. The van der Waals surface area contributed by atoms with Gasteiger partial charge in [-0.25, -0.2) is 13.6 Å². The maximum atomic E-state index is 11.1. The van der Waals surface area contributed by atoms with Gasteiger partial charge >= 0.3 is 0 Å². The van der Waals surface area contributed by atoms with Crippen LogP contribution < -0.4 is 5.14 Å². The van der Waals surface area contributed by atoms with Crippen LogP contribution in [0.15, 0.2) is 14.7 Å². The molecule has 2 heterocycles. The summed E-state index contributed by atoms with van der Waals surface area (Å²) in [6.45, 7) is 1.03. The first-order valence-corrected chi connectivity index (χ1v) is 7.19. The maximum absolute atomic E-state index is 11.1. The Labute approximate surface area is 99.4 Å². The molecule has 0 bridgehead atoms. The van der Waals surface area contributed by atoms with Gasteiger partial charge in [0.1, 0.15) is 4.21 Å². The number of nitrogens with two attached hydrogens (primary N) is 1. The van der Waals surface area contributed by atoms with Gasteiger partial charge in [-0.1, -0.05) is 0 Å². The van der Waals surface area contributed by atoms with E-state index >= 15 is 0 Å². The first-order valence-electron chi connectivity index (χ1n) is 4.04. The van der Waals surface area contributed by atoms with Crippen molar-refractivity contribution < 1.29 is 17.9 Å². The summed E-state index contributed by atoms with van der Waals surface area (Å²) in [5, 5.41) is 5.02. The molecule has 8 heteroatoms. The third-order valence-electron chi connectivity index (χ3n) is 1.81. The third kappa shape index (κ3) is 2.40. The van der Waals surface area contributed by atoms with Crippen molar-refractivity contribution in [2.45, 2.75) is 10.5 Å². The minimum absolute atomic E-state index is 0.100. The van der Waals surface area contributed by atoms with E-state index in [4.69, 9.17) is 14.6 Å². The van der Waals surface area contributed by atoms with Gasteiger partial charge in [-0.15, -0.1) is 11.3 Å². The van der Waals surface area contributed by atoms with Gasteiger partial charge in [0, 0.05) is 4.47 Å². The lowest BCUT2D eigenvalue weighted by molar-refractivity contribution is -0.0418. The SMILES string of the molecule is NS(=O)(=O)c1cc(Br)c(C2OCCO2)s1. The zero-order valence-corrected chi connectivity index (χ0v) is 10.7. The van der Waals surface area contributed by atoms with E-state index in [0.29, 0.717) is 22.6 Å². The molecule has 1 aliphatic heterocycles. The van der Waals surface area contributed by atoms with Crippen LogP contribution in [0.2, 0.25) is 0 Å². The second-order valence-corrected chi connectivity index (χ2v) is 6.62. The molecule has 0 saturated carbocycles. The average molecular weight is 314 g/mol. The Balaban J connectivity index is 2.37. The number of halogens is 1. The molecule has 1 saturated heterocycles. The van der Waals surface area contributed by atoms with Gasteiger partial charge in [-0.05, 0) is 22.0 Å². The van der Waals surface area contributed by atoms with Crippen molar-refractivity contribution in [3.63, 3.8) is 0 Å². The topological polar surface area (TPSA) is 78.6 Å². The third-order valence-corrected chi connectivity index (χ3v) is 5.30. The summed E-state index contributed by atoms with van der Waals surface area (Å²) in [4.78, 5) is 0.691. The standard InChI is InChI=1S/C7H8BrNO4S2/c8-4-3-5(15(9,10)11)14-6(4)7-12-1-2-13-7/h3,7H,1-2H2,(H2,9,10,11). The molecule has 0 spiro atoms. The Morgan fingerprint density at radius 3 is 2.53 bits per heavy atom. The van der Waals surface area contributed by atoms with Crippen LogP contribution in [0.4, 0.5) is 0 Å². The number of sulfonamides is 1. The van der Waals surface area contributed by atoms with Crippen molar-refractivity contribution >= 4 is 37.3 Å². The summed E-state index contributed by atoms with van der Waals surface area (Å²) in [7, 11) is -3.66. The van der Waals surface area contributed by atoms with Gasteiger partial charge in [-0.3, -0.25) is 0 Å². The molecule has 1 fully saturated rings. The van der Waals surface area contributed by atoms with Crippen LogP contribution >= 0.6 is 27.3 Å². The Morgan fingerprint density at radius 1 is 1.47 bits per heavy atom. The zero-order chi connectivity index (χ0) is 11.1. The highest BCUT2D eigenvalue weighted by molar-refractivity contribution is 9.10. The molecule has 2 N–H and O–H groups in total. The fourth-order valence-corrected chi connectivity index (χ4v) is 3.93. The number of hydrogen-bond acceptors (Lipinski definition) is 5. The van der Waals surface area contributed by atoms with E-state index in [-0.39, 0.29) is 4.21 Å². The predicted octanol–water partition coefficient (Wildman–Crippen LogP) is 1.20. The van der Waals surface area contributed by atoms with E-state index in [1.165, 1.54) is 6.07 Å². The summed E-state index contributed by atoms with van der Waals surface area (Å²) in [6.07, 6.45) is -0.486. The molecule has 84 valence electrons. The van der Waals surface area contributed by atoms with Crippen molar-refractivity contribution in [2.75, 3.05) is 13.2 Å². The van der Waals surface area contributed by atoms with E-state index in [2.05, 4.69) is 15.9 Å². The van der Waals surface area contributed by atoms with Gasteiger partial charge in [0.15, 0.2) is 6.29 Å². The molecular formula is C7H8BrNO4S2. The van der Waals surface area contributed by atoms with Crippen molar-refractivity contribution in [2.24, 2.45) is 5.14 Å². The van der Waals surface area contributed by atoms with Gasteiger partial charge in [0.05, 0.1) is 18.1 Å². The van der Waals surface area contributed by atoms with Gasteiger partial charge in [-0.2, -0.15) is 0 Å². The molecular weight excluding hydrogens is 306 g/mol. The molecule has 0 atom stereocenters. The highest BCUT2D eigenvalue weighted by Crippen LogP contribution is 2.37. The predicted molar refractivity (Wildman–Crippen MR) is 58.0 cm³/mol. The number of rotatable bonds is 2. The Bertz CT molecular complexity index is 463. The summed E-state index contributed by atoms with van der Waals surface area (Å²) >= 11 is 4.30. The second-order valence-electron chi connectivity index (χ2n) is 2.90. The minimum atomic E-state index is -3.66. The first kappa shape index (κ1) is 11.5. The van der Waals surface area contributed by atoms with Crippen LogP contribution in [0, 0.1) is 0 Å². The molecule has 1 aliphatic rings. The highest BCUT2D eigenvalue weighted by Gasteiger charge is 2.25. The van der Waals surface area contributed by atoms with E-state index in [9.17, 15) is 8.42 Å². The fraction of sp³-hybridized carbons (Fsp3) is 0.429. The van der Waals surface area contributed by atoms with E-state index in [0.717, 1.165) is 11.3 Å².